The van der Waals surface area contributed by atoms with Gasteiger partial charge in [-0.25, -0.2) is 23.1 Å². The van der Waals surface area contributed by atoms with Crippen molar-refractivity contribution in [2.24, 2.45) is 0 Å². The summed E-state index contributed by atoms with van der Waals surface area (Å²) in [6, 6.07) is 9.45. The number of aryl methyl sites for hydroxylation is 1. The monoisotopic (exact) mass is 370 g/mol. The number of pyridine rings is 1. The molecule has 0 saturated carbocycles. The summed E-state index contributed by atoms with van der Waals surface area (Å²) in [6.07, 6.45) is 5.12. The highest BCUT2D eigenvalue weighted by molar-refractivity contribution is 7.89. The van der Waals surface area contributed by atoms with Crippen LogP contribution >= 0.6 is 0 Å². The SMILES string of the molecule is CC(=O)c1ccc(S(=O)(=O)NCc2ccc(-n3ccnc3C)nc2)cc1. The summed E-state index contributed by atoms with van der Waals surface area (Å²) in [5.74, 6) is 1.42. The van der Waals surface area contributed by atoms with Crippen molar-refractivity contribution in [2.75, 3.05) is 0 Å². The fraction of sp³-hybridized carbons (Fsp3) is 0.167. The quantitative estimate of drug-likeness (QED) is 0.672. The van der Waals surface area contributed by atoms with E-state index in [0.717, 1.165) is 11.4 Å². The van der Waals surface area contributed by atoms with Gasteiger partial charge in [0.05, 0.1) is 4.90 Å². The number of benzene rings is 1. The molecule has 26 heavy (non-hydrogen) atoms. The van der Waals surface area contributed by atoms with E-state index in [1.807, 2.05) is 23.8 Å². The first-order valence-corrected chi connectivity index (χ1v) is 9.41. The van der Waals surface area contributed by atoms with Crippen LogP contribution in [0.1, 0.15) is 28.7 Å². The van der Waals surface area contributed by atoms with Gasteiger partial charge in [0.1, 0.15) is 11.6 Å². The lowest BCUT2D eigenvalue weighted by Crippen LogP contribution is -2.23. The number of carbonyl (C=O) groups is 1. The third-order valence-corrected chi connectivity index (χ3v) is 5.34. The summed E-state index contributed by atoms with van der Waals surface area (Å²) < 4.78 is 29.1. The maximum absolute atomic E-state index is 12.4. The predicted molar refractivity (Wildman–Crippen MR) is 96.6 cm³/mol. The van der Waals surface area contributed by atoms with Gasteiger partial charge in [-0.2, -0.15) is 0 Å². The van der Waals surface area contributed by atoms with Gasteiger partial charge in [-0.1, -0.05) is 18.2 Å². The maximum atomic E-state index is 12.4. The molecule has 1 N–H and O–H groups in total. The molecule has 7 nitrogen and oxygen atoms in total. The van der Waals surface area contributed by atoms with Gasteiger partial charge in [0, 0.05) is 30.7 Å². The summed E-state index contributed by atoms with van der Waals surface area (Å²) in [6.45, 7) is 3.43. The van der Waals surface area contributed by atoms with Crippen LogP contribution < -0.4 is 4.72 Å². The Hall–Kier alpha value is -2.84. The van der Waals surface area contributed by atoms with E-state index in [0.29, 0.717) is 11.4 Å². The second-order valence-electron chi connectivity index (χ2n) is 5.77. The average Bonchev–Trinajstić information content (AvgIpc) is 3.06. The number of nitrogens with one attached hydrogen (secondary N) is 1. The summed E-state index contributed by atoms with van der Waals surface area (Å²) in [4.78, 5) is 19.9. The number of rotatable bonds is 6. The first-order valence-electron chi connectivity index (χ1n) is 7.93. The molecule has 8 heteroatoms. The zero-order chi connectivity index (χ0) is 18.7. The highest BCUT2D eigenvalue weighted by Crippen LogP contribution is 2.13. The number of ketones is 1. The van der Waals surface area contributed by atoms with Crippen molar-refractivity contribution in [1.82, 2.24) is 19.3 Å². The van der Waals surface area contributed by atoms with Gasteiger partial charge in [0.25, 0.3) is 0 Å². The Morgan fingerprint density at radius 3 is 2.38 bits per heavy atom. The fourth-order valence-electron chi connectivity index (χ4n) is 2.41. The molecule has 0 bridgehead atoms. The van der Waals surface area contributed by atoms with Gasteiger partial charge >= 0.3 is 0 Å². The first kappa shape index (κ1) is 18.0. The molecule has 0 fully saturated rings. The van der Waals surface area contributed by atoms with E-state index < -0.39 is 10.0 Å². The number of hydrogen-bond acceptors (Lipinski definition) is 5. The van der Waals surface area contributed by atoms with Gasteiger partial charge in [-0.15, -0.1) is 0 Å². The van der Waals surface area contributed by atoms with E-state index >= 15 is 0 Å². The van der Waals surface area contributed by atoms with E-state index in [1.54, 1.807) is 18.5 Å². The minimum Gasteiger partial charge on any atom is -0.295 e. The highest BCUT2D eigenvalue weighted by Gasteiger charge is 2.14. The molecule has 0 radical (unpaired) electrons. The predicted octanol–water partition coefficient (Wildman–Crippen LogP) is 2.26. The van der Waals surface area contributed by atoms with Crippen molar-refractivity contribution in [1.29, 1.82) is 0 Å². The smallest absolute Gasteiger partial charge is 0.240 e. The molecule has 1 aromatic carbocycles. The van der Waals surface area contributed by atoms with Crippen molar-refractivity contribution in [2.45, 2.75) is 25.3 Å². The molecule has 134 valence electrons. The minimum atomic E-state index is -3.67. The van der Waals surface area contributed by atoms with E-state index in [4.69, 9.17) is 0 Å². The first-order chi connectivity index (χ1) is 12.4. The Kier molecular flexibility index (Phi) is 4.97. The van der Waals surface area contributed by atoms with Gasteiger partial charge in [-0.3, -0.25) is 9.36 Å². The molecule has 0 saturated heterocycles. The van der Waals surface area contributed by atoms with E-state index in [-0.39, 0.29) is 17.2 Å². The summed E-state index contributed by atoms with van der Waals surface area (Å²) >= 11 is 0. The maximum Gasteiger partial charge on any atom is 0.240 e. The van der Waals surface area contributed by atoms with Crippen LogP contribution in [-0.2, 0) is 16.6 Å². The molecule has 0 aliphatic rings. The molecule has 0 aliphatic carbocycles. The van der Waals surface area contributed by atoms with E-state index in [9.17, 15) is 13.2 Å². The zero-order valence-electron chi connectivity index (χ0n) is 14.4. The van der Waals surface area contributed by atoms with Crippen LogP contribution in [0, 0.1) is 6.92 Å². The van der Waals surface area contributed by atoms with E-state index in [2.05, 4.69) is 14.7 Å². The summed E-state index contributed by atoms with van der Waals surface area (Å²) in [5, 5.41) is 0. The number of carbonyl (C=O) groups excluding carboxylic acids is 1. The van der Waals surface area contributed by atoms with Crippen LogP contribution in [0.3, 0.4) is 0 Å². The molecule has 0 atom stereocenters. The Labute approximate surface area is 151 Å². The average molecular weight is 370 g/mol. The molecule has 3 rings (SSSR count). The van der Waals surface area contributed by atoms with Gasteiger partial charge < -0.3 is 0 Å². The number of Topliss-reactive ketones (excluding diaryl/α,β-unsaturated/α-hetero) is 1. The molecule has 2 heterocycles. The minimum absolute atomic E-state index is 0.110. The van der Waals surface area contributed by atoms with Crippen LogP contribution in [-0.4, -0.2) is 28.7 Å². The third kappa shape index (κ3) is 3.87. The van der Waals surface area contributed by atoms with Gasteiger partial charge in [0.2, 0.25) is 10.0 Å². The van der Waals surface area contributed by atoms with Crippen molar-refractivity contribution in [3.05, 3.63) is 71.9 Å². The van der Waals surface area contributed by atoms with E-state index in [1.165, 1.54) is 31.2 Å². The standard InChI is InChI=1S/C18H18N4O3S/c1-13(23)16-4-6-17(7-5-16)26(24,25)21-12-15-3-8-18(20-11-15)22-10-9-19-14(22)2/h3-11,21H,12H2,1-2H3. The molecular formula is C18H18N4O3S. The largest absolute Gasteiger partial charge is 0.295 e. The van der Waals surface area contributed by atoms with Crippen LogP contribution in [0.15, 0.2) is 59.9 Å². The second kappa shape index (κ2) is 7.19. The Bertz CT molecular complexity index is 1020. The van der Waals surface area contributed by atoms with Crippen LogP contribution in [0.2, 0.25) is 0 Å². The number of hydrogen-bond donors (Lipinski definition) is 1. The number of imidazole rings is 1. The van der Waals surface area contributed by atoms with Gasteiger partial charge in [0.15, 0.2) is 5.78 Å². The van der Waals surface area contributed by atoms with Crippen molar-refractivity contribution >= 4 is 15.8 Å². The van der Waals surface area contributed by atoms with Gasteiger partial charge in [-0.05, 0) is 37.6 Å². The Balaban J connectivity index is 1.69. The molecule has 2 aromatic heterocycles. The van der Waals surface area contributed by atoms with Crippen LogP contribution in [0.25, 0.3) is 5.82 Å². The Morgan fingerprint density at radius 2 is 1.85 bits per heavy atom. The lowest BCUT2D eigenvalue weighted by Gasteiger charge is -2.08. The number of sulfonamides is 1. The molecule has 3 aromatic rings. The number of aromatic nitrogens is 3. The molecule has 0 aliphatic heterocycles. The summed E-state index contributed by atoms with van der Waals surface area (Å²) in [7, 11) is -3.67. The second-order valence-corrected chi connectivity index (χ2v) is 7.54. The third-order valence-electron chi connectivity index (χ3n) is 3.92. The lowest BCUT2D eigenvalue weighted by molar-refractivity contribution is 0.101. The lowest BCUT2D eigenvalue weighted by atomic mass is 10.2. The normalized spacial score (nSPS) is 11.5. The van der Waals surface area contributed by atoms with Crippen molar-refractivity contribution in [3.8, 4) is 5.82 Å². The van der Waals surface area contributed by atoms with Crippen molar-refractivity contribution < 1.29 is 13.2 Å². The Morgan fingerprint density at radius 1 is 1.12 bits per heavy atom. The highest BCUT2D eigenvalue weighted by atomic mass is 32.2. The molecule has 0 amide bonds. The molecule has 0 unspecified atom stereocenters. The summed E-state index contributed by atoms with van der Waals surface area (Å²) in [5.41, 5.74) is 1.20. The van der Waals surface area contributed by atoms with Crippen LogP contribution in [0.4, 0.5) is 0 Å². The topological polar surface area (TPSA) is 94.0 Å². The van der Waals surface area contributed by atoms with Crippen LogP contribution in [0.5, 0.6) is 0 Å². The fourth-order valence-corrected chi connectivity index (χ4v) is 3.43. The number of nitrogens with zero attached hydrogens (tertiary/aromatic N) is 3. The molecular weight excluding hydrogens is 352 g/mol. The zero-order valence-corrected chi connectivity index (χ0v) is 15.2. The molecule has 0 spiro atoms. The van der Waals surface area contributed by atoms with Crippen molar-refractivity contribution in [3.63, 3.8) is 0 Å².